The van der Waals surface area contributed by atoms with Crippen LogP contribution in [0.2, 0.25) is 0 Å². The van der Waals surface area contributed by atoms with Crippen LogP contribution in [-0.2, 0) is 6.18 Å². The van der Waals surface area contributed by atoms with Crippen molar-refractivity contribution in [3.63, 3.8) is 0 Å². The number of amides is 1. The van der Waals surface area contributed by atoms with Crippen molar-refractivity contribution in [2.24, 2.45) is 5.73 Å². The molecule has 0 spiro atoms. The summed E-state index contributed by atoms with van der Waals surface area (Å²) in [5.74, 6) is -1.70. The van der Waals surface area contributed by atoms with E-state index in [1.807, 2.05) is 0 Å². The summed E-state index contributed by atoms with van der Waals surface area (Å²) >= 11 is 0. The van der Waals surface area contributed by atoms with Crippen molar-refractivity contribution >= 4 is 5.91 Å². The van der Waals surface area contributed by atoms with Crippen LogP contribution in [-0.4, -0.2) is 10.9 Å². The third-order valence-corrected chi connectivity index (χ3v) is 3.62. The highest BCUT2D eigenvalue weighted by atomic mass is 19.4. The first-order valence-corrected chi connectivity index (χ1v) is 7.66. The summed E-state index contributed by atoms with van der Waals surface area (Å²) in [6.07, 6.45) is -4.70. The first-order valence-electron chi connectivity index (χ1n) is 7.66. The standard InChI is InChI=1S/C19H12F4N2O2/c20-12-5-7-13(8-6-12)27-17-9-4-11(10-14(17)19(21,22)23)15-2-1-3-16(25-15)18(24)26/h1-10H,(H2,24,26). The number of carbonyl (C=O) groups is 1. The highest BCUT2D eigenvalue weighted by Crippen LogP contribution is 2.40. The molecule has 2 aromatic carbocycles. The third kappa shape index (κ3) is 4.22. The molecule has 0 aliphatic rings. The second-order valence-electron chi connectivity index (χ2n) is 5.54. The summed E-state index contributed by atoms with van der Waals surface area (Å²) in [7, 11) is 0. The van der Waals surface area contributed by atoms with Crippen LogP contribution < -0.4 is 10.5 Å². The lowest BCUT2D eigenvalue weighted by atomic mass is 10.1. The fraction of sp³-hybridized carbons (Fsp3) is 0.0526. The van der Waals surface area contributed by atoms with Crippen LogP contribution >= 0.6 is 0 Å². The molecule has 1 amide bonds. The molecule has 27 heavy (non-hydrogen) atoms. The van der Waals surface area contributed by atoms with Gasteiger partial charge in [0.1, 0.15) is 23.0 Å². The lowest BCUT2D eigenvalue weighted by molar-refractivity contribution is -0.138. The van der Waals surface area contributed by atoms with E-state index in [1.54, 1.807) is 0 Å². The van der Waals surface area contributed by atoms with Gasteiger partial charge in [0.05, 0.1) is 11.3 Å². The van der Waals surface area contributed by atoms with Gasteiger partial charge in [-0.05, 0) is 54.6 Å². The second-order valence-corrected chi connectivity index (χ2v) is 5.54. The van der Waals surface area contributed by atoms with Crippen LogP contribution in [0.3, 0.4) is 0 Å². The normalized spacial score (nSPS) is 11.3. The summed E-state index contributed by atoms with van der Waals surface area (Å²) in [4.78, 5) is 15.2. The molecule has 0 saturated heterocycles. The molecule has 1 aromatic heterocycles. The van der Waals surface area contributed by atoms with Crippen molar-refractivity contribution in [1.29, 1.82) is 0 Å². The average Bonchev–Trinajstić information content (AvgIpc) is 2.63. The Kier molecular flexibility index (Phi) is 4.81. The molecule has 1 heterocycles. The number of alkyl halides is 3. The van der Waals surface area contributed by atoms with Gasteiger partial charge < -0.3 is 10.5 Å². The molecule has 0 aliphatic heterocycles. The Morgan fingerprint density at radius 2 is 1.70 bits per heavy atom. The summed E-state index contributed by atoms with van der Waals surface area (Å²) < 4.78 is 58.7. The van der Waals surface area contributed by atoms with Crippen molar-refractivity contribution in [3.8, 4) is 22.8 Å². The first kappa shape index (κ1) is 18.4. The molecular formula is C19H12F4N2O2. The number of hydrogen-bond acceptors (Lipinski definition) is 3. The van der Waals surface area contributed by atoms with Gasteiger partial charge in [0.2, 0.25) is 0 Å². The summed E-state index contributed by atoms with van der Waals surface area (Å²) in [5, 5.41) is 0. The molecule has 0 aliphatic carbocycles. The highest BCUT2D eigenvalue weighted by molar-refractivity contribution is 5.91. The van der Waals surface area contributed by atoms with E-state index in [2.05, 4.69) is 4.98 Å². The third-order valence-electron chi connectivity index (χ3n) is 3.62. The Hall–Kier alpha value is -3.42. The Morgan fingerprint density at radius 3 is 2.33 bits per heavy atom. The van der Waals surface area contributed by atoms with Crippen LogP contribution in [0.25, 0.3) is 11.3 Å². The van der Waals surface area contributed by atoms with Crippen molar-refractivity contribution in [3.05, 3.63) is 77.7 Å². The predicted octanol–water partition coefficient (Wildman–Crippen LogP) is 4.80. The van der Waals surface area contributed by atoms with Crippen LogP contribution in [0.1, 0.15) is 16.1 Å². The predicted molar refractivity (Wildman–Crippen MR) is 89.7 cm³/mol. The molecule has 3 rings (SSSR count). The molecule has 0 unspecified atom stereocenters. The highest BCUT2D eigenvalue weighted by Gasteiger charge is 2.35. The fourth-order valence-electron chi connectivity index (χ4n) is 2.36. The Labute approximate surface area is 151 Å². The van der Waals surface area contributed by atoms with Crippen LogP contribution in [0.4, 0.5) is 17.6 Å². The van der Waals surface area contributed by atoms with Gasteiger partial charge in [-0.3, -0.25) is 4.79 Å². The summed E-state index contributed by atoms with van der Waals surface area (Å²) in [6.45, 7) is 0. The molecule has 0 fully saturated rings. The Morgan fingerprint density at radius 1 is 1.00 bits per heavy atom. The SMILES string of the molecule is NC(=O)c1cccc(-c2ccc(Oc3ccc(F)cc3)c(C(F)(F)F)c2)n1. The second kappa shape index (κ2) is 7.06. The minimum absolute atomic E-state index is 0.0588. The van der Waals surface area contributed by atoms with Crippen molar-refractivity contribution in [1.82, 2.24) is 4.98 Å². The van der Waals surface area contributed by atoms with Crippen molar-refractivity contribution in [2.75, 3.05) is 0 Å². The van der Waals surface area contributed by atoms with E-state index in [0.717, 1.165) is 24.3 Å². The van der Waals surface area contributed by atoms with E-state index in [-0.39, 0.29) is 22.7 Å². The molecular weight excluding hydrogens is 364 g/mol. The van der Waals surface area contributed by atoms with Gasteiger partial charge in [0.25, 0.3) is 5.91 Å². The summed E-state index contributed by atoms with van der Waals surface area (Å²) in [5.41, 5.74) is 4.35. The van der Waals surface area contributed by atoms with Gasteiger partial charge in [0.15, 0.2) is 0 Å². The number of ether oxygens (including phenoxy) is 1. The van der Waals surface area contributed by atoms with E-state index >= 15 is 0 Å². The fourth-order valence-corrected chi connectivity index (χ4v) is 2.36. The molecule has 138 valence electrons. The largest absolute Gasteiger partial charge is 0.457 e. The van der Waals surface area contributed by atoms with E-state index in [9.17, 15) is 22.4 Å². The Bertz CT molecular complexity index is 986. The van der Waals surface area contributed by atoms with Gasteiger partial charge in [-0.1, -0.05) is 6.07 Å². The number of aromatic nitrogens is 1. The van der Waals surface area contributed by atoms with E-state index < -0.39 is 29.2 Å². The zero-order chi connectivity index (χ0) is 19.6. The van der Waals surface area contributed by atoms with E-state index in [0.29, 0.717) is 0 Å². The van der Waals surface area contributed by atoms with Gasteiger partial charge in [-0.2, -0.15) is 13.2 Å². The van der Waals surface area contributed by atoms with Crippen LogP contribution in [0, 0.1) is 5.82 Å². The molecule has 0 radical (unpaired) electrons. The molecule has 4 nitrogen and oxygen atoms in total. The maximum absolute atomic E-state index is 13.5. The average molecular weight is 376 g/mol. The minimum Gasteiger partial charge on any atom is -0.457 e. The zero-order valence-corrected chi connectivity index (χ0v) is 13.6. The smallest absolute Gasteiger partial charge is 0.420 e. The lowest BCUT2D eigenvalue weighted by Crippen LogP contribution is -2.13. The number of carbonyl (C=O) groups excluding carboxylic acids is 1. The van der Waals surface area contributed by atoms with Gasteiger partial charge in [-0.25, -0.2) is 9.37 Å². The van der Waals surface area contributed by atoms with E-state index in [4.69, 9.17) is 10.5 Å². The van der Waals surface area contributed by atoms with E-state index in [1.165, 1.54) is 36.4 Å². The maximum Gasteiger partial charge on any atom is 0.420 e. The monoisotopic (exact) mass is 376 g/mol. The molecule has 0 saturated carbocycles. The molecule has 2 N–H and O–H groups in total. The zero-order valence-electron chi connectivity index (χ0n) is 13.6. The first-order chi connectivity index (χ1) is 12.7. The van der Waals surface area contributed by atoms with Gasteiger partial charge >= 0.3 is 6.18 Å². The number of benzene rings is 2. The summed E-state index contributed by atoms with van der Waals surface area (Å²) in [6, 6.07) is 12.3. The van der Waals surface area contributed by atoms with Gasteiger partial charge in [0, 0.05) is 5.56 Å². The van der Waals surface area contributed by atoms with Crippen LogP contribution in [0.5, 0.6) is 11.5 Å². The number of hydrogen-bond donors (Lipinski definition) is 1. The number of nitrogens with two attached hydrogens (primary N) is 1. The Balaban J connectivity index is 2.03. The number of pyridine rings is 1. The molecule has 3 aromatic rings. The molecule has 8 heteroatoms. The van der Waals surface area contributed by atoms with Crippen LogP contribution in [0.15, 0.2) is 60.7 Å². The number of primary amides is 1. The number of rotatable bonds is 4. The topological polar surface area (TPSA) is 65.2 Å². The van der Waals surface area contributed by atoms with Gasteiger partial charge in [-0.15, -0.1) is 0 Å². The molecule has 0 bridgehead atoms. The van der Waals surface area contributed by atoms with Crippen molar-refractivity contribution in [2.45, 2.75) is 6.18 Å². The molecule has 0 atom stereocenters. The van der Waals surface area contributed by atoms with Crippen molar-refractivity contribution < 1.29 is 27.1 Å². The number of nitrogens with zero attached hydrogens (tertiary/aromatic N) is 1. The maximum atomic E-state index is 13.5. The lowest BCUT2D eigenvalue weighted by Gasteiger charge is -2.15. The minimum atomic E-state index is -4.70. The number of halogens is 4. The quantitative estimate of drug-likeness (QED) is 0.666.